The van der Waals surface area contributed by atoms with Gasteiger partial charge in [-0.1, -0.05) is 13.0 Å². The third-order valence-electron chi connectivity index (χ3n) is 3.64. The lowest BCUT2D eigenvalue weighted by Gasteiger charge is -2.35. The molecule has 0 aromatic carbocycles. The summed E-state index contributed by atoms with van der Waals surface area (Å²) in [5, 5.41) is 9.86. The van der Waals surface area contributed by atoms with Crippen molar-refractivity contribution < 1.29 is 5.11 Å². The molecule has 2 unspecified atom stereocenters. The lowest BCUT2D eigenvalue weighted by Crippen LogP contribution is -2.42. The molecule has 17 heavy (non-hydrogen) atoms. The maximum absolute atomic E-state index is 9.86. The van der Waals surface area contributed by atoms with Crippen LogP contribution in [0.25, 0.3) is 0 Å². The summed E-state index contributed by atoms with van der Waals surface area (Å²) in [5.41, 5.74) is 2.49. The van der Waals surface area contributed by atoms with Crippen LogP contribution in [0.2, 0.25) is 0 Å². The molecule has 2 rings (SSSR count). The molecule has 0 bridgehead atoms. The number of likely N-dealkylation sites (tertiary alicyclic amines) is 1. The predicted octanol–water partition coefficient (Wildman–Crippen LogP) is 1.98. The summed E-state index contributed by atoms with van der Waals surface area (Å²) in [6, 6.07) is 2.19. The van der Waals surface area contributed by atoms with Crippen LogP contribution in [0.4, 0.5) is 0 Å². The van der Waals surface area contributed by atoms with Crippen molar-refractivity contribution in [3.63, 3.8) is 0 Å². The molecule has 1 aromatic heterocycles. The van der Waals surface area contributed by atoms with Crippen molar-refractivity contribution in [1.29, 1.82) is 0 Å². The molecule has 1 aliphatic rings. The van der Waals surface area contributed by atoms with E-state index in [1.165, 1.54) is 11.1 Å². The maximum atomic E-state index is 9.86. The average Bonchev–Trinajstić information content (AvgIpc) is 2.32. The van der Waals surface area contributed by atoms with Crippen LogP contribution in [0.5, 0.6) is 0 Å². The smallest absolute Gasteiger partial charge is 0.0592 e. The summed E-state index contributed by atoms with van der Waals surface area (Å²) in [7, 11) is 0. The van der Waals surface area contributed by atoms with E-state index in [0.717, 1.165) is 32.5 Å². The minimum Gasteiger partial charge on any atom is -0.393 e. The molecule has 0 saturated carbocycles. The van der Waals surface area contributed by atoms with Gasteiger partial charge in [-0.3, -0.25) is 9.88 Å². The highest BCUT2D eigenvalue weighted by Crippen LogP contribution is 2.21. The van der Waals surface area contributed by atoms with Gasteiger partial charge in [-0.2, -0.15) is 0 Å². The van der Waals surface area contributed by atoms with Crippen LogP contribution < -0.4 is 0 Å². The molecule has 3 nitrogen and oxygen atoms in total. The van der Waals surface area contributed by atoms with Gasteiger partial charge in [0.2, 0.25) is 0 Å². The number of rotatable bonds is 3. The van der Waals surface area contributed by atoms with Crippen LogP contribution in [0.15, 0.2) is 18.5 Å². The molecule has 94 valence electrons. The second-order valence-corrected chi connectivity index (χ2v) is 5.13. The van der Waals surface area contributed by atoms with E-state index >= 15 is 0 Å². The summed E-state index contributed by atoms with van der Waals surface area (Å²) in [5.74, 6) is 0.432. The molecule has 0 amide bonds. The van der Waals surface area contributed by atoms with E-state index in [0.29, 0.717) is 5.92 Å². The third-order valence-corrected chi connectivity index (χ3v) is 3.64. The molecule has 0 spiro atoms. The molecular formula is C14H22N2O. The number of aliphatic hydroxyl groups is 1. The van der Waals surface area contributed by atoms with E-state index in [9.17, 15) is 5.11 Å². The summed E-state index contributed by atoms with van der Waals surface area (Å²) in [6.45, 7) is 7.19. The first-order valence-electron chi connectivity index (χ1n) is 6.50. The maximum Gasteiger partial charge on any atom is 0.0592 e. The molecule has 2 atom stereocenters. The standard InChI is InChI=1S/C14H22N2O/c1-3-13-10-16(5-4-14(13)17)9-12-6-11(2)7-15-8-12/h6-8,13-14,17H,3-5,9-10H2,1-2H3. The van der Waals surface area contributed by atoms with E-state index in [-0.39, 0.29) is 6.10 Å². The van der Waals surface area contributed by atoms with Gasteiger partial charge < -0.3 is 5.11 Å². The number of aromatic nitrogens is 1. The molecule has 0 aliphatic carbocycles. The lowest BCUT2D eigenvalue weighted by molar-refractivity contribution is 0.0221. The Morgan fingerprint density at radius 2 is 2.29 bits per heavy atom. The molecular weight excluding hydrogens is 212 g/mol. The molecule has 2 heterocycles. The fourth-order valence-corrected chi connectivity index (χ4v) is 2.60. The van der Waals surface area contributed by atoms with Crippen LogP contribution in [-0.4, -0.2) is 34.2 Å². The Hall–Kier alpha value is -0.930. The van der Waals surface area contributed by atoms with Crippen molar-refractivity contribution in [2.24, 2.45) is 5.92 Å². The van der Waals surface area contributed by atoms with E-state index < -0.39 is 0 Å². The molecule has 0 radical (unpaired) electrons. The first kappa shape index (κ1) is 12.5. The fourth-order valence-electron chi connectivity index (χ4n) is 2.60. The van der Waals surface area contributed by atoms with Crippen LogP contribution in [0, 0.1) is 12.8 Å². The second kappa shape index (κ2) is 5.61. The molecule has 1 aromatic rings. The van der Waals surface area contributed by atoms with Gasteiger partial charge in [-0.05, 0) is 36.8 Å². The number of aryl methyl sites for hydroxylation is 1. The molecule has 1 fully saturated rings. The minimum absolute atomic E-state index is 0.105. The normalized spacial score (nSPS) is 26.1. The Labute approximate surface area is 103 Å². The summed E-state index contributed by atoms with van der Waals surface area (Å²) >= 11 is 0. The zero-order chi connectivity index (χ0) is 12.3. The van der Waals surface area contributed by atoms with E-state index in [4.69, 9.17) is 0 Å². The summed E-state index contributed by atoms with van der Waals surface area (Å²) in [6.07, 6.45) is 5.69. The Morgan fingerprint density at radius 3 is 3.00 bits per heavy atom. The van der Waals surface area contributed by atoms with Crippen LogP contribution in [-0.2, 0) is 6.54 Å². The van der Waals surface area contributed by atoms with Gasteiger partial charge in [-0.15, -0.1) is 0 Å². The van der Waals surface area contributed by atoms with Crippen molar-refractivity contribution in [2.45, 2.75) is 39.3 Å². The lowest BCUT2D eigenvalue weighted by atomic mass is 9.92. The molecule has 3 heteroatoms. The van der Waals surface area contributed by atoms with Gasteiger partial charge >= 0.3 is 0 Å². The number of piperidine rings is 1. The van der Waals surface area contributed by atoms with Crippen molar-refractivity contribution in [3.8, 4) is 0 Å². The number of hydrogen-bond acceptors (Lipinski definition) is 3. The summed E-state index contributed by atoms with van der Waals surface area (Å²) < 4.78 is 0. The Morgan fingerprint density at radius 1 is 1.47 bits per heavy atom. The highest BCUT2D eigenvalue weighted by molar-refractivity contribution is 5.16. The van der Waals surface area contributed by atoms with E-state index in [1.807, 2.05) is 12.4 Å². The number of aliphatic hydroxyl groups excluding tert-OH is 1. The SMILES string of the molecule is CCC1CN(Cc2cncc(C)c2)CCC1O. The molecule has 1 N–H and O–H groups in total. The molecule has 1 aliphatic heterocycles. The quantitative estimate of drug-likeness (QED) is 0.869. The first-order chi connectivity index (χ1) is 8.19. The Kier molecular flexibility index (Phi) is 4.13. The van der Waals surface area contributed by atoms with Crippen LogP contribution >= 0.6 is 0 Å². The Bertz CT molecular complexity index is 367. The van der Waals surface area contributed by atoms with Gasteiger partial charge in [-0.25, -0.2) is 0 Å². The Balaban J connectivity index is 1.95. The van der Waals surface area contributed by atoms with Crippen molar-refractivity contribution in [1.82, 2.24) is 9.88 Å². The van der Waals surface area contributed by atoms with Gasteiger partial charge in [0.25, 0.3) is 0 Å². The monoisotopic (exact) mass is 234 g/mol. The van der Waals surface area contributed by atoms with Gasteiger partial charge in [0.15, 0.2) is 0 Å². The number of hydrogen-bond donors (Lipinski definition) is 1. The zero-order valence-electron chi connectivity index (χ0n) is 10.8. The van der Waals surface area contributed by atoms with Gasteiger partial charge in [0.1, 0.15) is 0 Å². The van der Waals surface area contributed by atoms with Gasteiger partial charge in [0, 0.05) is 32.0 Å². The third kappa shape index (κ3) is 3.27. The first-order valence-corrected chi connectivity index (χ1v) is 6.50. The zero-order valence-corrected chi connectivity index (χ0v) is 10.8. The van der Waals surface area contributed by atoms with E-state index in [1.54, 1.807) is 0 Å². The van der Waals surface area contributed by atoms with E-state index in [2.05, 4.69) is 29.8 Å². The average molecular weight is 234 g/mol. The predicted molar refractivity (Wildman–Crippen MR) is 68.7 cm³/mol. The van der Waals surface area contributed by atoms with Crippen LogP contribution in [0.1, 0.15) is 30.9 Å². The summed E-state index contributed by atoms with van der Waals surface area (Å²) in [4.78, 5) is 6.66. The minimum atomic E-state index is -0.105. The number of nitrogens with zero attached hydrogens (tertiary/aromatic N) is 2. The van der Waals surface area contributed by atoms with Crippen molar-refractivity contribution >= 4 is 0 Å². The topological polar surface area (TPSA) is 36.4 Å². The fraction of sp³-hybridized carbons (Fsp3) is 0.643. The highest BCUT2D eigenvalue weighted by Gasteiger charge is 2.26. The second-order valence-electron chi connectivity index (χ2n) is 5.13. The van der Waals surface area contributed by atoms with Crippen molar-refractivity contribution in [2.75, 3.05) is 13.1 Å². The van der Waals surface area contributed by atoms with Crippen LogP contribution in [0.3, 0.4) is 0 Å². The molecule has 1 saturated heterocycles. The largest absolute Gasteiger partial charge is 0.393 e. The number of pyridine rings is 1. The highest BCUT2D eigenvalue weighted by atomic mass is 16.3. The van der Waals surface area contributed by atoms with Crippen molar-refractivity contribution in [3.05, 3.63) is 29.6 Å². The van der Waals surface area contributed by atoms with Gasteiger partial charge in [0.05, 0.1) is 6.10 Å².